The molecule has 0 fully saturated rings. The first-order valence-corrected chi connectivity index (χ1v) is 7.19. The number of non-ortho nitro benzene ring substituents is 1. The van der Waals surface area contributed by atoms with E-state index in [4.69, 9.17) is 0 Å². The lowest BCUT2D eigenvalue weighted by Crippen LogP contribution is -2.20. The van der Waals surface area contributed by atoms with Crippen molar-refractivity contribution in [2.24, 2.45) is 5.10 Å². The molecule has 0 atom stereocenters. The molecule has 6 nitrogen and oxygen atoms in total. The highest BCUT2D eigenvalue weighted by Crippen LogP contribution is 2.13. The van der Waals surface area contributed by atoms with Crippen LogP contribution in [0.2, 0.25) is 0 Å². The number of nitro benzene ring substituents is 1. The summed E-state index contributed by atoms with van der Waals surface area (Å²) >= 11 is 0. The number of amides is 1. The van der Waals surface area contributed by atoms with E-state index in [0.717, 1.165) is 16.8 Å². The van der Waals surface area contributed by atoms with Crippen LogP contribution in [0.15, 0.2) is 53.6 Å². The molecule has 23 heavy (non-hydrogen) atoms. The van der Waals surface area contributed by atoms with Crippen LogP contribution < -0.4 is 5.43 Å². The SMILES string of the molecule is CCC(=NNC(=O)c1cccc([N+](=O)[O-])c1)c1ccc(C)cc1. The Morgan fingerprint density at radius 2 is 1.87 bits per heavy atom. The van der Waals surface area contributed by atoms with Crippen LogP contribution in [-0.2, 0) is 0 Å². The molecule has 0 heterocycles. The average molecular weight is 311 g/mol. The number of carbonyl (C=O) groups is 1. The van der Waals surface area contributed by atoms with E-state index < -0.39 is 10.8 Å². The highest BCUT2D eigenvalue weighted by Gasteiger charge is 2.11. The van der Waals surface area contributed by atoms with Gasteiger partial charge in [-0.15, -0.1) is 0 Å². The fourth-order valence-corrected chi connectivity index (χ4v) is 2.04. The quantitative estimate of drug-likeness (QED) is 0.521. The van der Waals surface area contributed by atoms with Crippen LogP contribution >= 0.6 is 0 Å². The van der Waals surface area contributed by atoms with E-state index in [2.05, 4.69) is 10.5 Å². The molecule has 2 aromatic rings. The Balaban J connectivity index is 2.16. The van der Waals surface area contributed by atoms with Crippen molar-refractivity contribution >= 4 is 17.3 Å². The van der Waals surface area contributed by atoms with E-state index in [-0.39, 0.29) is 11.3 Å². The van der Waals surface area contributed by atoms with Gasteiger partial charge in [-0.05, 0) is 25.0 Å². The van der Waals surface area contributed by atoms with Gasteiger partial charge in [0.15, 0.2) is 0 Å². The number of nitrogens with one attached hydrogen (secondary N) is 1. The molecule has 0 bridgehead atoms. The number of hydrogen-bond acceptors (Lipinski definition) is 4. The van der Waals surface area contributed by atoms with Gasteiger partial charge in [0, 0.05) is 17.7 Å². The van der Waals surface area contributed by atoms with Crippen LogP contribution in [0.4, 0.5) is 5.69 Å². The van der Waals surface area contributed by atoms with Crippen LogP contribution in [0.5, 0.6) is 0 Å². The van der Waals surface area contributed by atoms with Gasteiger partial charge in [0.05, 0.1) is 10.6 Å². The zero-order valence-electron chi connectivity index (χ0n) is 12.9. The standard InChI is InChI=1S/C17H17N3O3/c1-3-16(13-9-7-12(2)8-10-13)18-19-17(21)14-5-4-6-15(11-14)20(22)23/h4-11H,3H2,1-2H3,(H,19,21). The van der Waals surface area contributed by atoms with Gasteiger partial charge in [0.1, 0.15) is 0 Å². The van der Waals surface area contributed by atoms with Gasteiger partial charge in [-0.3, -0.25) is 14.9 Å². The number of aryl methyl sites for hydroxylation is 1. The van der Waals surface area contributed by atoms with E-state index in [1.165, 1.54) is 24.3 Å². The molecule has 0 saturated heterocycles. The Bertz CT molecular complexity index is 752. The summed E-state index contributed by atoms with van der Waals surface area (Å²) in [6, 6.07) is 13.4. The van der Waals surface area contributed by atoms with E-state index in [0.29, 0.717) is 6.42 Å². The molecule has 0 aromatic heterocycles. The second kappa shape index (κ2) is 7.31. The van der Waals surface area contributed by atoms with Crippen LogP contribution in [-0.4, -0.2) is 16.5 Å². The third-order valence-electron chi connectivity index (χ3n) is 3.33. The molecule has 6 heteroatoms. The lowest BCUT2D eigenvalue weighted by molar-refractivity contribution is -0.384. The summed E-state index contributed by atoms with van der Waals surface area (Å²) in [4.78, 5) is 22.3. The normalized spacial score (nSPS) is 11.1. The lowest BCUT2D eigenvalue weighted by atomic mass is 10.1. The van der Waals surface area contributed by atoms with Gasteiger partial charge in [-0.25, -0.2) is 5.43 Å². The maximum atomic E-state index is 12.1. The van der Waals surface area contributed by atoms with Crippen LogP contribution in [0.1, 0.15) is 34.8 Å². The van der Waals surface area contributed by atoms with Gasteiger partial charge in [0.2, 0.25) is 0 Å². The maximum Gasteiger partial charge on any atom is 0.271 e. The third-order valence-corrected chi connectivity index (χ3v) is 3.33. The van der Waals surface area contributed by atoms with E-state index >= 15 is 0 Å². The minimum Gasteiger partial charge on any atom is -0.267 e. The highest BCUT2D eigenvalue weighted by molar-refractivity contribution is 6.02. The maximum absolute atomic E-state index is 12.1. The predicted octanol–water partition coefficient (Wildman–Crippen LogP) is 3.45. The second-order valence-corrected chi connectivity index (χ2v) is 5.03. The van der Waals surface area contributed by atoms with Crippen molar-refractivity contribution in [3.8, 4) is 0 Å². The lowest BCUT2D eigenvalue weighted by Gasteiger charge is -2.06. The van der Waals surface area contributed by atoms with Crippen molar-refractivity contribution in [2.75, 3.05) is 0 Å². The van der Waals surface area contributed by atoms with Gasteiger partial charge in [0.25, 0.3) is 11.6 Å². The summed E-state index contributed by atoms with van der Waals surface area (Å²) in [5, 5.41) is 14.9. The first-order valence-electron chi connectivity index (χ1n) is 7.19. The van der Waals surface area contributed by atoms with Gasteiger partial charge >= 0.3 is 0 Å². The molecule has 0 aliphatic heterocycles. The number of hydrogen-bond donors (Lipinski definition) is 1. The van der Waals surface area contributed by atoms with Crippen molar-refractivity contribution < 1.29 is 9.72 Å². The number of rotatable bonds is 5. The molecule has 0 aliphatic carbocycles. The van der Waals surface area contributed by atoms with Crippen molar-refractivity contribution in [3.05, 3.63) is 75.3 Å². The largest absolute Gasteiger partial charge is 0.271 e. The van der Waals surface area contributed by atoms with Crippen molar-refractivity contribution in [1.82, 2.24) is 5.43 Å². The van der Waals surface area contributed by atoms with E-state index in [1.807, 2.05) is 38.1 Å². The van der Waals surface area contributed by atoms with Crippen LogP contribution in [0, 0.1) is 17.0 Å². The summed E-state index contributed by atoms with van der Waals surface area (Å²) in [5.74, 6) is -0.480. The van der Waals surface area contributed by atoms with Crippen LogP contribution in [0.25, 0.3) is 0 Å². The zero-order chi connectivity index (χ0) is 16.8. The first-order chi connectivity index (χ1) is 11.0. The van der Waals surface area contributed by atoms with Gasteiger partial charge < -0.3 is 0 Å². The first kappa shape index (κ1) is 16.4. The molecule has 118 valence electrons. The third kappa shape index (κ3) is 4.23. The summed E-state index contributed by atoms with van der Waals surface area (Å²) in [7, 11) is 0. The molecular weight excluding hydrogens is 294 g/mol. The zero-order valence-corrected chi connectivity index (χ0v) is 12.9. The average Bonchev–Trinajstić information content (AvgIpc) is 2.56. The Morgan fingerprint density at radius 1 is 1.17 bits per heavy atom. The Hall–Kier alpha value is -3.02. The smallest absolute Gasteiger partial charge is 0.267 e. The van der Waals surface area contributed by atoms with Gasteiger partial charge in [-0.2, -0.15) is 5.10 Å². The molecule has 0 radical (unpaired) electrons. The Morgan fingerprint density at radius 3 is 2.48 bits per heavy atom. The summed E-state index contributed by atoms with van der Waals surface area (Å²) in [6.45, 7) is 3.94. The Kier molecular flexibility index (Phi) is 5.19. The molecule has 0 spiro atoms. The fraction of sp³-hybridized carbons (Fsp3) is 0.176. The second-order valence-electron chi connectivity index (χ2n) is 5.03. The molecular formula is C17H17N3O3. The topological polar surface area (TPSA) is 84.6 Å². The molecule has 0 aliphatic rings. The minimum absolute atomic E-state index is 0.129. The number of benzene rings is 2. The number of hydrazone groups is 1. The number of nitrogens with zero attached hydrogens (tertiary/aromatic N) is 2. The van der Waals surface area contributed by atoms with E-state index in [9.17, 15) is 14.9 Å². The Labute approximate surface area is 134 Å². The summed E-state index contributed by atoms with van der Waals surface area (Å²) in [5.41, 5.74) is 5.33. The molecule has 1 amide bonds. The molecule has 2 aromatic carbocycles. The molecule has 0 unspecified atom stereocenters. The highest BCUT2D eigenvalue weighted by atomic mass is 16.6. The van der Waals surface area contributed by atoms with Crippen LogP contribution in [0.3, 0.4) is 0 Å². The molecule has 2 rings (SSSR count). The van der Waals surface area contributed by atoms with Gasteiger partial charge in [-0.1, -0.05) is 42.8 Å². The van der Waals surface area contributed by atoms with E-state index in [1.54, 1.807) is 0 Å². The fourth-order valence-electron chi connectivity index (χ4n) is 2.04. The van der Waals surface area contributed by atoms with Crippen molar-refractivity contribution in [3.63, 3.8) is 0 Å². The monoisotopic (exact) mass is 311 g/mol. The van der Waals surface area contributed by atoms with Crippen molar-refractivity contribution in [1.29, 1.82) is 0 Å². The number of carbonyl (C=O) groups excluding carboxylic acids is 1. The molecule has 0 saturated carbocycles. The molecule has 1 N–H and O–H groups in total. The summed E-state index contributed by atoms with van der Waals surface area (Å²) in [6.07, 6.45) is 0.651. The predicted molar refractivity (Wildman–Crippen MR) is 88.6 cm³/mol. The summed E-state index contributed by atoms with van der Waals surface area (Å²) < 4.78 is 0. The number of nitro groups is 1. The van der Waals surface area contributed by atoms with Crippen molar-refractivity contribution in [2.45, 2.75) is 20.3 Å². The minimum atomic E-state index is -0.538.